The van der Waals surface area contributed by atoms with E-state index in [2.05, 4.69) is 50.9 Å². The van der Waals surface area contributed by atoms with E-state index in [1.165, 1.54) is 18.5 Å². The molecular weight excluding hydrogens is 182 g/mol. The van der Waals surface area contributed by atoms with Crippen molar-refractivity contribution in [2.45, 2.75) is 53.9 Å². The van der Waals surface area contributed by atoms with Gasteiger partial charge in [0.1, 0.15) is 0 Å². The summed E-state index contributed by atoms with van der Waals surface area (Å²) in [6.07, 6.45) is 10.2. The molecule has 0 aromatic heterocycles. The maximum Gasteiger partial charge on any atom is 0.0319 e. The molecule has 0 aromatic rings. The Morgan fingerprint density at radius 3 is 2.20 bits per heavy atom. The molecule has 0 saturated heterocycles. The number of allylic oxidation sites excluding steroid dienone is 3. The van der Waals surface area contributed by atoms with Crippen molar-refractivity contribution in [3.05, 3.63) is 23.9 Å². The van der Waals surface area contributed by atoms with E-state index in [1.54, 1.807) is 0 Å². The van der Waals surface area contributed by atoms with Crippen molar-refractivity contribution in [2.75, 3.05) is 13.6 Å². The van der Waals surface area contributed by atoms with Crippen LogP contribution in [0.3, 0.4) is 0 Å². The molecule has 0 aliphatic heterocycles. The SMILES string of the molecule is C/C=C\C(=C/CC)N(C)CCCC.CC. The van der Waals surface area contributed by atoms with Gasteiger partial charge in [-0.1, -0.05) is 46.3 Å². The van der Waals surface area contributed by atoms with Crippen LogP contribution < -0.4 is 0 Å². The number of nitrogens with zero attached hydrogens (tertiary/aromatic N) is 1. The Bertz CT molecular complexity index is 168. The van der Waals surface area contributed by atoms with Gasteiger partial charge in [0.15, 0.2) is 0 Å². The van der Waals surface area contributed by atoms with Gasteiger partial charge in [0, 0.05) is 19.3 Å². The first kappa shape index (κ1) is 16.7. The van der Waals surface area contributed by atoms with Crippen molar-refractivity contribution in [1.29, 1.82) is 0 Å². The van der Waals surface area contributed by atoms with E-state index in [1.807, 2.05) is 13.8 Å². The van der Waals surface area contributed by atoms with Gasteiger partial charge in [-0.05, 0) is 25.8 Å². The Balaban J connectivity index is 0. The number of rotatable bonds is 6. The molecule has 0 radical (unpaired) electrons. The van der Waals surface area contributed by atoms with E-state index in [-0.39, 0.29) is 0 Å². The van der Waals surface area contributed by atoms with Crippen LogP contribution in [0, 0.1) is 0 Å². The van der Waals surface area contributed by atoms with Crippen molar-refractivity contribution in [3.8, 4) is 0 Å². The molecule has 0 fully saturated rings. The zero-order chi connectivity index (χ0) is 12.1. The molecule has 15 heavy (non-hydrogen) atoms. The van der Waals surface area contributed by atoms with Gasteiger partial charge in [-0.3, -0.25) is 0 Å². The van der Waals surface area contributed by atoms with Gasteiger partial charge in [-0.25, -0.2) is 0 Å². The first-order valence-electron chi connectivity index (χ1n) is 6.30. The molecule has 0 bridgehead atoms. The third kappa shape index (κ3) is 9.58. The third-order valence-electron chi connectivity index (χ3n) is 2.04. The monoisotopic (exact) mass is 211 g/mol. The van der Waals surface area contributed by atoms with Crippen molar-refractivity contribution >= 4 is 0 Å². The van der Waals surface area contributed by atoms with Gasteiger partial charge < -0.3 is 4.90 Å². The molecule has 0 aromatic carbocycles. The second-order valence-corrected chi connectivity index (χ2v) is 3.31. The first-order valence-corrected chi connectivity index (χ1v) is 6.30. The lowest BCUT2D eigenvalue weighted by atomic mass is 10.2. The van der Waals surface area contributed by atoms with E-state index in [0.717, 1.165) is 13.0 Å². The standard InChI is InChI=1S/C12H23N.C2H6/c1-5-8-11-13(4)12(9-6-2)10-7-3;1-2/h6,9-10H,5,7-8,11H2,1-4H3;1-2H3/b9-6-,12-10+;. The highest BCUT2D eigenvalue weighted by Crippen LogP contribution is 2.06. The topological polar surface area (TPSA) is 3.24 Å². The molecule has 0 heterocycles. The molecule has 0 aliphatic carbocycles. The predicted octanol–water partition coefficient (Wildman–Crippen LogP) is 4.61. The van der Waals surface area contributed by atoms with E-state index >= 15 is 0 Å². The molecule has 90 valence electrons. The minimum absolute atomic E-state index is 1.11. The number of hydrogen-bond acceptors (Lipinski definition) is 1. The smallest absolute Gasteiger partial charge is 0.0319 e. The summed E-state index contributed by atoms with van der Waals surface area (Å²) in [5, 5.41) is 0. The molecule has 0 N–H and O–H groups in total. The van der Waals surface area contributed by atoms with Crippen molar-refractivity contribution in [1.82, 2.24) is 4.90 Å². The fraction of sp³-hybridized carbons (Fsp3) is 0.714. The van der Waals surface area contributed by atoms with E-state index in [9.17, 15) is 0 Å². The third-order valence-corrected chi connectivity index (χ3v) is 2.04. The predicted molar refractivity (Wildman–Crippen MR) is 72.1 cm³/mol. The van der Waals surface area contributed by atoms with E-state index < -0.39 is 0 Å². The van der Waals surface area contributed by atoms with E-state index in [0.29, 0.717) is 0 Å². The molecule has 1 heteroatoms. The number of likely N-dealkylation sites (N-methyl/N-ethyl adjacent to an activating group) is 1. The minimum Gasteiger partial charge on any atom is -0.375 e. The Hall–Kier alpha value is -0.720. The van der Waals surface area contributed by atoms with Crippen molar-refractivity contribution in [3.63, 3.8) is 0 Å². The zero-order valence-corrected chi connectivity index (χ0v) is 11.5. The number of unbranched alkanes of at least 4 members (excludes halogenated alkanes) is 1. The summed E-state index contributed by atoms with van der Waals surface area (Å²) in [5.74, 6) is 0. The van der Waals surface area contributed by atoms with Gasteiger partial charge >= 0.3 is 0 Å². The molecule has 0 unspecified atom stereocenters. The molecule has 0 aliphatic rings. The Kier molecular flexibility index (Phi) is 14.8. The van der Waals surface area contributed by atoms with Crippen LogP contribution in [-0.4, -0.2) is 18.5 Å². The molecule has 0 spiro atoms. The molecule has 0 saturated carbocycles. The van der Waals surface area contributed by atoms with E-state index in [4.69, 9.17) is 0 Å². The van der Waals surface area contributed by atoms with Crippen LogP contribution in [-0.2, 0) is 0 Å². The summed E-state index contributed by atoms with van der Waals surface area (Å²) >= 11 is 0. The fourth-order valence-corrected chi connectivity index (χ4v) is 1.26. The molecule has 0 amide bonds. The minimum atomic E-state index is 1.11. The maximum atomic E-state index is 2.33. The second kappa shape index (κ2) is 13.3. The van der Waals surface area contributed by atoms with Crippen LogP contribution >= 0.6 is 0 Å². The summed E-state index contributed by atoms with van der Waals surface area (Å²) < 4.78 is 0. The van der Waals surface area contributed by atoms with Gasteiger partial charge in [0.2, 0.25) is 0 Å². The van der Waals surface area contributed by atoms with Crippen LogP contribution in [0.2, 0.25) is 0 Å². The Morgan fingerprint density at radius 2 is 1.80 bits per heavy atom. The Labute approximate surface area is 96.9 Å². The molecule has 0 rings (SSSR count). The highest BCUT2D eigenvalue weighted by atomic mass is 15.1. The van der Waals surface area contributed by atoms with Gasteiger partial charge in [-0.2, -0.15) is 0 Å². The number of hydrogen-bond donors (Lipinski definition) is 0. The first-order chi connectivity index (χ1) is 7.26. The van der Waals surface area contributed by atoms with Crippen LogP contribution in [0.25, 0.3) is 0 Å². The normalized spacial score (nSPS) is 11.2. The van der Waals surface area contributed by atoms with Gasteiger partial charge in [0.25, 0.3) is 0 Å². The fourth-order valence-electron chi connectivity index (χ4n) is 1.26. The zero-order valence-electron chi connectivity index (χ0n) is 11.5. The molecular formula is C14H29N. The largest absolute Gasteiger partial charge is 0.375 e. The molecule has 0 atom stereocenters. The summed E-state index contributed by atoms with van der Waals surface area (Å²) in [7, 11) is 2.16. The van der Waals surface area contributed by atoms with Crippen molar-refractivity contribution in [2.24, 2.45) is 0 Å². The highest BCUT2D eigenvalue weighted by Gasteiger charge is 1.98. The Morgan fingerprint density at radius 1 is 1.20 bits per heavy atom. The lowest BCUT2D eigenvalue weighted by Crippen LogP contribution is -2.17. The van der Waals surface area contributed by atoms with Gasteiger partial charge in [0.05, 0.1) is 0 Å². The lowest BCUT2D eigenvalue weighted by Gasteiger charge is -2.20. The summed E-state index contributed by atoms with van der Waals surface area (Å²) in [6.45, 7) is 11.6. The average molecular weight is 211 g/mol. The van der Waals surface area contributed by atoms with Crippen LogP contribution in [0.1, 0.15) is 53.9 Å². The highest BCUT2D eigenvalue weighted by molar-refractivity contribution is 5.16. The lowest BCUT2D eigenvalue weighted by molar-refractivity contribution is 0.416. The van der Waals surface area contributed by atoms with Gasteiger partial charge in [-0.15, -0.1) is 0 Å². The summed E-state index contributed by atoms with van der Waals surface area (Å²) in [6, 6.07) is 0. The quantitative estimate of drug-likeness (QED) is 0.580. The van der Waals surface area contributed by atoms with Crippen LogP contribution in [0.4, 0.5) is 0 Å². The summed E-state index contributed by atoms with van der Waals surface area (Å²) in [4.78, 5) is 2.33. The van der Waals surface area contributed by atoms with Crippen molar-refractivity contribution < 1.29 is 0 Å². The average Bonchev–Trinajstić information content (AvgIpc) is 2.28. The van der Waals surface area contributed by atoms with Crippen LogP contribution in [0.5, 0.6) is 0 Å². The maximum absolute atomic E-state index is 2.33. The second-order valence-electron chi connectivity index (χ2n) is 3.31. The molecule has 1 nitrogen and oxygen atoms in total. The van der Waals surface area contributed by atoms with Crippen LogP contribution in [0.15, 0.2) is 23.9 Å². The summed E-state index contributed by atoms with van der Waals surface area (Å²) in [5.41, 5.74) is 1.35.